The van der Waals surface area contributed by atoms with Crippen molar-refractivity contribution in [1.29, 1.82) is 0 Å². The molecule has 3 rings (SSSR count). The van der Waals surface area contributed by atoms with Gasteiger partial charge >= 0.3 is 0 Å². The van der Waals surface area contributed by atoms with Crippen LogP contribution < -0.4 is 5.32 Å². The lowest BCUT2D eigenvalue weighted by Crippen LogP contribution is -2.34. The molecule has 4 nitrogen and oxygen atoms in total. The Hall–Kier alpha value is -1.91. The molecular weight excluding hydrogens is 278 g/mol. The van der Waals surface area contributed by atoms with Crippen LogP contribution in [0.4, 0.5) is 0 Å². The highest BCUT2D eigenvalue weighted by Gasteiger charge is 2.33. The highest BCUT2D eigenvalue weighted by atomic mass is 16.3. The zero-order valence-corrected chi connectivity index (χ0v) is 12.4. The van der Waals surface area contributed by atoms with Crippen LogP contribution in [0.15, 0.2) is 42.5 Å². The van der Waals surface area contributed by atoms with Crippen molar-refractivity contribution < 1.29 is 15.0 Å². The minimum atomic E-state index is -0.521. The smallest absolute Gasteiger partial charge is 0.224 e. The van der Waals surface area contributed by atoms with E-state index in [-0.39, 0.29) is 24.5 Å². The van der Waals surface area contributed by atoms with Crippen molar-refractivity contribution in [2.24, 2.45) is 5.92 Å². The van der Waals surface area contributed by atoms with Crippen LogP contribution in [0.2, 0.25) is 0 Å². The van der Waals surface area contributed by atoms with Crippen LogP contribution in [0.1, 0.15) is 18.4 Å². The molecule has 0 aliphatic heterocycles. The number of hydrogen-bond acceptors (Lipinski definition) is 3. The van der Waals surface area contributed by atoms with Crippen LogP contribution in [0, 0.1) is 5.92 Å². The lowest BCUT2D eigenvalue weighted by atomic mass is 10.0. The van der Waals surface area contributed by atoms with E-state index in [4.69, 9.17) is 5.11 Å². The molecule has 2 aromatic carbocycles. The molecule has 1 aliphatic rings. The van der Waals surface area contributed by atoms with Crippen LogP contribution >= 0.6 is 0 Å². The maximum Gasteiger partial charge on any atom is 0.224 e. The molecule has 0 radical (unpaired) electrons. The van der Waals surface area contributed by atoms with Crippen LogP contribution in [0.5, 0.6) is 0 Å². The number of fused-ring (bicyclic) bond motifs is 1. The number of aliphatic hydroxyl groups excluding tert-OH is 2. The van der Waals surface area contributed by atoms with Gasteiger partial charge in [0.05, 0.1) is 12.5 Å². The van der Waals surface area contributed by atoms with Crippen molar-refractivity contribution in [3.8, 4) is 0 Å². The summed E-state index contributed by atoms with van der Waals surface area (Å²) in [5, 5.41) is 24.2. The summed E-state index contributed by atoms with van der Waals surface area (Å²) in [6.45, 7) is -0.0309. The van der Waals surface area contributed by atoms with Crippen LogP contribution in [0.3, 0.4) is 0 Å². The van der Waals surface area contributed by atoms with Gasteiger partial charge in [0.15, 0.2) is 0 Å². The van der Waals surface area contributed by atoms with Crippen LogP contribution in [0.25, 0.3) is 10.8 Å². The zero-order chi connectivity index (χ0) is 15.5. The largest absolute Gasteiger partial charge is 0.396 e. The summed E-state index contributed by atoms with van der Waals surface area (Å²) < 4.78 is 0. The lowest BCUT2D eigenvalue weighted by Gasteiger charge is -2.13. The van der Waals surface area contributed by atoms with Gasteiger partial charge in [-0.15, -0.1) is 0 Å². The summed E-state index contributed by atoms with van der Waals surface area (Å²) in [4.78, 5) is 12.3. The van der Waals surface area contributed by atoms with Crippen molar-refractivity contribution in [1.82, 2.24) is 5.32 Å². The van der Waals surface area contributed by atoms with Crippen molar-refractivity contribution in [2.75, 3.05) is 6.61 Å². The molecule has 1 aliphatic carbocycles. The standard InChI is InChI=1S/C18H21NO3/c20-11-14-8-15(10-17(14)21)19-18(22)9-13-6-3-5-12-4-1-2-7-16(12)13/h1-7,14-15,17,20-21H,8-11H2,(H,19,22)/t14-,15-,17+/m0/s1. The third-order valence-corrected chi connectivity index (χ3v) is 4.49. The normalized spacial score (nSPS) is 24.5. The van der Waals surface area contributed by atoms with Gasteiger partial charge in [-0.05, 0) is 29.2 Å². The predicted octanol–water partition coefficient (Wildman–Crippen LogP) is 1.63. The van der Waals surface area contributed by atoms with Crippen LogP contribution in [-0.4, -0.2) is 34.9 Å². The highest BCUT2D eigenvalue weighted by Crippen LogP contribution is 2.26. The van der Waals surface area contributed by atoms with E-state index >= 15 is 0 Å². The van der Waals surface area contributed by atoms with Crippen molar-refractivity contribution in [2.45, 2.75) is 31.4 Å². The SMILES string of the molecule is O=C(Cc1cccc2ccccc12)N[C@H]1C[C@@H](CO)[C@H](O)C1. The van der Waals surface area contributed by atoms with E-state index in [1.165, 1.54) is 0 Å². The first-order valence-corrected chi connectivity index (χ1v) is 7.72. The third-order valence-electron chi connectivity index (χ3n) is 4.49. The Balaban J connectivity index is 1.67. The van der Waals surface area contributed by atoms with Gasteiger partial charge in [0.1, 0.15) is 0 Å². The summed E-state index contributed by atoms with van der Waals surface area (Å²) in [5.74, 6) is -0.157. The van der Waals surface area contributed by atoms with Crippen molar-refractivity contribution in [3.63, 3.8) is 0 Å². The Kier molecular flexibility index (Phi) is 4.41. The minimum absolute atomic E-state index is 0.0309. The maximum atomic E-state index is 12.3. The van der Waals surface area contributed by atoms with Crippen LogP contribution in [-0.2, 0) is 11.2 Å². The van der Waals surface area contributed by atoms with E-state index in [1.54, 1.807) is 0 Å². The molecule has 116 valence electrons. The Morgan fingerprint density at radius 3 is 2.68 bits per heavy atom. The summed E-state index contributed by atoms with van der Waals surface area (Å²) in [6, 6.07) is 14.0. The lowest BCUT2D eigenvalue weighted by molar-refractivity contribution is -0.121. The van der Waals surface area contributed by atoms with Gasteiger partial charge in [-0.1, -0.05) is 42.5 Å². The molecule has 0 saturated heterocycles. The van der Waals surface area contributed by atoms with E-state index < -0.39 is 6.10 Å². The molecule has 1 saturated carbocycles. The molecule has 2 aromatic rings. The molecule has 0 unspecified atom stereocenters. The first-order valence-electron chi connectivity index (χ1n) is 7.72. The minimum Gasteiger partial charge on any atom is -0.396 e. The first-order chi connectivity index (χ1) is 10.7. The van der Waals surface area contributed by atoms with E-state index in [0.717, 1.165) is 16.3 Å². The van der Waals surface area contributed by atoms with Gasteiger partial charge in [-0.25, -0.2) is 0 Å². The fourth-order valence-corrected chi connectivity index (χ4v) is 3.32. The second kappa shape index (κ2) is 6.46. The quantitative estimate of drug-likeness (QED) is 0.803. The molecule has 0 heterocycles. The zero-order valence-electron chi connectivity index (χ0n) is 12.4. The Labute approximate surface area is 129 Å². The Morgan fingerprint density at radius 1 is 1.14 bits per heavy atom. The van der Waals surface area contributed by atoms with Crippen molar-refractivity contribution in [3.05, 3.63) is 48.0 Å². The van der Waals surface area contributed by atoms with Gasteiger partial charge in [-0.3, -0.25) is 4.79 Å². The maximum absolute atomic E-state index is 12.3. The molecule has 1 amide bonds. The molecule has 0 bridgehead atoms. The Bertz CT molecular complexity index is 665. The van der Waals surface area contributed by atoms with Gasteiger partial charge in [-0.2, -0.15) is 0 Å². The number of amides is 1. The van der Waals surface area contributed by atoms with E-state index in [9.17, 15) is 9.90 Å². The third kappa shape index (κ3) is 3.13. The average molecular weight is 299 g/mol. The molecule has 22 heavy (non-hydrogen) atoms. The monoisotopic (exact) mass is 299 g/mol. The summed E-state index contributed by atoms with van der Waals surface area (Å²) in [5.41, 5.74) is 1.01. The average Bonchev–Trinajstić information content (AvgIpc) is 2.87. The fraction of sp³-hybridized carbons (Fsp3) is 0.389. The highest BCUT2D eigenvalue weighted by molar-refractivity contribution is 5.90. The van der Waals surface area contributed by atoms with Gasteiger partial charge in [0.25, 0.3) is 0 Å². The number of nitrogens with one attached hydrogen (secondary N) is 1. The second-order valence-corrected chi connectivity index (χ2v) is 6.06. The summed E-state index contributed by atoms with van der Waals surface area (Å²) in [7, 11) is 0. The van der Waals surface area contributed by atoms with Gasteiger partial charge in [0.2, 0.25) is 5.91 Å². The second-order valence-electron chi connectivity index (χ2n) is 6.06. The van der Waals surface area contributed by atoms with Crippen molar-refractivity contribution >= 4 is 16.7 Å². The van der Waals surface area contributed by atoms with Gasteiger partial charge in [0, 0.05) is 18.6 Å². The fourth-order valence-electron chi connectivity index (χ4n) is 3.32. The summed E-state index contributed by atoms with van der Waals surface area (Å²) in [6.07, 6.45) is 0.969. The molecule has 0 spiro atoms. The van der Waals surface area contributed by atoms with E-state index in [0.29, 0.717) is 19.3 Å². The number of benzene rings is 2. The first kappa shape index (κ1) is 15.0. The van der Waals surface area contributed by atoms with Gasteiger partial charge < -0.3 is 15.5 Å². The number of hydrogen-bond donors (Lipinski definition) is 3. The predicted molar refractivity (Wildman–Crippen MR) is 85.4 cm³/mol. The number of carbonyl (C=O) groups excluding carboxylic acids is 1. The molecule has 0 aromatic heterocycles. The van der Waals surface area contributed by atoms with E-state index in [2.05, 4.69) is 5.32 Å². The Morgan fingerprint density at radius 2 is 1.91 bits per heavy atom. The molecule has 3 atom stereocenters. The van der Waals surface area contributed by atoms with E-state index in [1.807, 2.05) is 42.5 Å². The molecule has 1 fully saturated rings. The number of carbonyl (C=O) groups is 1. The number of rotatable bonds is 4. The molecule has 4 heteroatoms. The molecule has 3 N–H and O–H groups in total. The topological polar surface area (TPSA) is 69.6 Å². The summed E-state index contributed by atoms with van der Waals surface area (Å²) >= 11 is 0. The molecular formula is C18H21NO3. The number of aliphatic hydroxyl groups is 2.